The van der Waals surface area contributed by atoms with Gasteiger partial charge in [-0.3, -0.25) is 4.79 Å². The van der Waals surface area contributed by atoms with Gasteiger partial charge in [0.05, 0.1) is 0 Å². The molecule has 0 aromatic heterocycles. The van der Waals surface area contributed by atoms with Gasteiger partial charge in [0, 0.05) is 5.57 Å². The van der Waals surface area contributed by atoms with Crippen molar-refractivity contribution in [1.29, 1.82) is 0 Å². The zero-order valence-electron chi connectivity index (χ0n) is 13.1. The van der Waals surface area contributed by atoms with Gasteiger partial charge in [-0.15, -0.1) is 0 Å². The molecule has 0 spiro atoms. The smallest absolute Gasteiger partial charge is 0.149 e. The SMILES string of the molecule is C/C=C\C(C=O)=C/C.CC.CC1CCN(C)CC1. The highest BCUT2D eigenvalue weighted by molar-refractivity contribution is 5.77. The molecule has 106 valence electrons. The van der Waals surface area contributed by atoms with Crippen LogP contribution in [0.5, 0.6) is 0 Å². The third-order valence-corrected chi connectivity index (χ3v) is 2.84. The van der Waals surface area contributed by atoms with E-state index >= 15 is 0 Å². The zero-order valence-corrected chi connectivity index (χ0v) is 13.1. The number of carbonyl (C=O) groups is 1. The van der Waals surface area contributed by atoms with E-state index in [4.69, 9.17) is 0 Å². The van der Waals surface area contributed by atoms with Gasteiger partial charge in [0.25, 0.3) is 0 Å². The highest BCUT2D eigenvalue weighted by Gasteiger charge is 2.10. The summed E-state index contributed by atoms with van der Waals surface area (Å²) in [6.45, 7) is 12.7. The van der Waals surface area contributed by atoms with Crippen LogP contribution in [0.15, 0.2) is 23.8 Å². The van der Waals surface area contributed by atoms with Gasteiger partial charge in [-0.1, -0.05) is 39.0 Å². The van der Waals surface area contributed by atoms with Crippen molar-refractivity contribution < 1.29 is 4.79 Å². The molecule has 0 radical (unpaired) electrons. The van der Waals surface area contributed by atoms with Crippen LogP contribution in [0.25, 0.3) is 0 Å². The van der Waals surface area contributed by atoms with Crippen molar-refractivity contribution in [2.75, 3.05) is 20.1 Å². The van der Waals surface area contributed by atoms with Crippen molar-refractivity contribution in [3.05, 3.63) is 23.8 Å². The van der Waals surface area contributed by atoms with Crippen LogP contribution < -0.4 is 0 Å². The minimum atomic E-state index is 0.729. The predicted molar refractivity (Wildman–Crippen MR) is 81.9 cm³/mol. The maximum Gasteiger partial charge on any atom is 0.149 e. The molecular weight excluding hydrogens is 222 g/mol. The van der Waals surface area contributed by atoms with E-state index in [0.29, 0.717) is 0 Å². The quantitative estimate of drug-likeness (QED) is 0.420. The molecule has 1 aliphatic rings. The Hall–Kier alpha value is -0.890. The van der Waals surface area contributed by atoms with E-state index in [0.717, 1.165) is 17.8 Å². The Kier molecular flexibility index (Phi) is 15.3. The first kappa shape index (κ1) is 19.4. The normalized spacial score (nSPS) is 17.6. The fourth-order valence-corrected chi connectivity index (χ4v) is 1.53. The highest BCUT2D eigenvalue weighted by atomic mass is 16.1. The van der Waals surface area contributed by atoms with E-state index in [1.54, 1.807) is 12.2 Å². The second kappa shape index (κ2) is 14.2. The third-order valence-electron chi connectivity index (χ3n) is 2.84. The molecule has 0 saturated carbocycles. The molecule has 1 aliphatic heterocycles. The van der Waals surface area contributed by atoms with Crippen LogP contribution in [-0.2, 0) is 4.79 Å². The van der Waals surface area contributed by atoms with Crippen molar-refractivity contribution >= 4 is 6.29 Å². The molecule has 0 aromatic carbocycles. The maximum absolute atomic E-state index is 10.0. The first-order valence-corrected chi connectivity index (χ1v) is 7.06. The molecule has 1 rings (SSSR count). The van der Waals surface area contributed by atoms with Gasteiger partial charge in [0.1, 0.15) is 6.29 Å². The van der Waals surface area contributed by atoms with Crippen molar-refractivity contribution in [2.45, 2.75) is 47.5 Å². The monoisotopic (exact) mass is 253 g/mol. The van der Waals surface area contributed by atoms with Crippen molar-refractivity contribution in [3.63, 3.8) is 0 Å². The number of aldehydes is 1. The Bertz CT molecular complexity index is 225. The van der Waals surface area contributed by atoms with Crippen LogP contribution in [-0.4, -0.2) is 31.3 Å². The van der Waals surface area contributed by atoms with E-state index in [2.05, 4.69) is 18.9 Å². The Labute approximate surface area is 114 Å². The van der Waals surface area contributed by atoms with Crippen LogP contribution in [0.1, 0.15) is 47.5 Å². The number of likely N-dealkylation sites (tertiary alicyclic amines) is 1. The summed E-state index contributed by atoms with van der Waals surface area (Å²) in [6, 6.07) is 0. The maximum atomic E-state index is 10.0. The average molecular weight is 253 g/mol. The number of nitrogens with zero attached hydrogens (tertiary/aromatic N) is 1. The van der Waals surface area contributed by atoms with E-state index < -0.39 is 0 Å². The molecule has 1 fully saturated rings. The largest absolute Gasteiger partial charge is 0.306 e. The van der Waals surface area contributed by atoms with Gasteiger partial charge in [-0.2, -0.15) is 0 Å². The topological polar surface area (TPSA) is 20.3 Å². The Morgan fingerprint density at radius 1 is 1.17 bits per heavy atom. The standard InChI is InChI=1S/C7H15N.C7H10O.C2H6/c1-7-3-5-8(2)6-4-7;1-3-5-7(4-2)6-8;1-2/h7H,3-6H2,1-2H3;3-6H,1-2H3;1-2H3/b;5-3-,7-4+;. The summed E-state index contributed by atoms with van der Waals surface area (Å²) in [7, 11) is 2.20. The number of carbonyl (C=O) groups excluding carboxylic acids is 1. The number of allylic oxidation sites excluding steroid dienone is 4. The predicted octanol–water partition coefficient (Wildman–Crippen LogP) is 4.08. The lowest BCUT2D eigenvalue weighted by atomic mass is 10.00. The Morgan fingerprint density at radius 3 is 1.89 bits per heavy atom. The molecule has 0 bridgehead atoms. The van der Waals surface area contributed by atoms with Crippen LogP contribution in [0.3, 0.4) is 0 Å². The fraction of sp³-hybridized carbons (Fsp3) is 0.688. The number of hydrogen-bond acceptors (Lipinski definition) is 2. The van der Waals surface area contributed by atoms with Gasteiger partial charge >= 0.3 is 0 Å². The molecule has 2 heteroatoms. The summed E-state index contributed by atoms with van der Waals surface area (Å²) >= 11 is 0. The second-order valence-electron chi connectivity index (χ2n) is 4.39. The zero-order chi connectivity index (χ0) is 14.4. The summed E-state index contributed by atoms with van der Waals surface area (Å²) < 4.78 is 0. The molecule has 0 atom stereocenters. The molecule has 0 aliphatic carbocycles. The molecular formula is C16H31NO. The lowest BCUT2D eigenvalue weighted by Crippen LogP contribution is -2.28. The van der Waals surface area contributed by atoms with E-state index in [9.17, 15) is 4.79 Å². The molecule has 0 N–H and O–H groups in total. The lowest BCUT2D eigenvalue weighted by Gasteiger charge is -2.26. The number of hydrogen-bond donors (Lipinski definition) is 0. The second-order valence-corrected chi connectivity index (χ2v) is 4.39. The van der Waals surface area contributed by atoms with Crippen molar-refractivity contribution in [3.8, 4) is 0 Å². The summed E-state index contributed by atoms with van der Waals surface area (Å²) in [5.41, 5.74) is 0.729. The minimum absolute atomic E-state index is 0.729. The summed E-state index contributed by atoms with van der Waals surface area (Å²) in [5.74, 6) is 0.978. The van der Waals surface area contributed by atoms with Crippen LogP contribution in [0.4, 0.5) is 0 Å². The van der Waals surface area contributed by atoms with Gasteiger partial charge < -0.3 is 4.90 Å². The lowest BCUT2D eigenvalue weighted by molar-refractivity contribution is -0.104. The van der Waals surface area contributed by atoms with Gasteiger partial charge in [-0.05, 0) is 52.7 Å². The minimum Gasteiger partial charge on any atom is -0.306 e. The Balaban J connectivity index is 0. The molecule has 2 nitrogen and oxygen atoms in total. The first-order chi connectivity index (χ1) is 8.63. The van der Waals surface area contributed by atoms with Crippen LogP contribution >= 0.6 is 0 Å². The molecule has 18 heavy (non-hydrogen) atoms. The summed E-state index contributed by atoms with van der Waals surface area (Å²) in [5, 5.41) is 0. The number of rotatable bonds is 2. The van der Waals surface area contributed by atoms with E-state index in [1.165, 1.54) is 25.9 Å². The highest BCUT2D eigenvalue weighted by Crippen LogP contribution is 2.13. The van der Waals surface area contributed by atoms with Crippen molar-refractivity contribution in [1.82, 2.24) is 4.90 Å². The van der Waals surface area contributed by atoms with Crippen LogP contribution in [0.2, 0.25) is 0 Å². The summed E-state index contributed by atoms with van der Waals surface area (Å²) in [6.07, 6.45) is 9.01. The molecule has 0 amide bonds. The first-order valence-electron chi connectivity index (χ1n) is 7.06. The fourth-order valence-electron chi connectivity index (χ4n) is 1.53. The molecule has 0 unspecified atom stereocenters. The van der Waals surface area contributed by atoms with E-state index in [1.807, 2.05) is 33.8 Å². The van der Waals surface area contributed by atoms with Gasteiger partial charge in [-0.25, -0.2) is 0 Å². The molecule has 1 saturated heterocycles. The van der Waals surface area contributed by atoms with Crippen LogP contribution in [0, 0.1) is 5.92 Å². The Morgan fingerprint density at radius 2 is 1.67 bits per heavy atom. The number of piperidine rings is 1. The molecule has 1 heterocycles. The summed E-state index contributed by atoms with van der Waals surface area (Å²) in [4.78, 5) is 12.4. The van der Waals surface area contributed by atoms with Gasteiger partial charge in [0.2, 0.25) is 0 Å². The van der Waals surface area contributed by atoms with Gasteiger partial charge in [0.15, 0.2) is 0 Å². The average Bonchev–Trinajstić information content (AvgIpc) is 2.42. The third kappa shape index (κ3) is 11.6. The van der Waals surface area contributed by atoms with E-state index in [-0.39, 0.29) is 0 Å². The molecule has 0 aromatic rings. The van der Waals surface area contributed by atoms with Crippen molar-refractivity contribution in [2.24, 2.45) is 5.92 Å².